The number of unbranched alkanes of at least 4 members (excludes halogenated alkanes) is 1. The largest absolute Gasteiger partial charge is 0.480 e. The summed E-state index contributed by atoms with van der Waals surface area (Å²) in [6.07, 6.45) is 9.78. The number of hydrogen-bond acceptors (Lipinski definition) is 6. The van der Waals surface area contributed by atoms with Crippen molar-refractivity contribution in [1.29, 1.82) is 0 Å². The molecule has 4 heterocycles. The summed E-state index contributed by atoms with van der Waals surface area (Å²) in [7, 11) is 0. The molecule has 4 aliphatic heterocycles. The Kier molecular flexibility index (Phi) is 6.68. The maximum atomic E-state index is 5.95. The van der Waals surface area contributed by atoms with Crippen molar-refractivity contribution in [2.45, 2.75) is 63.5 Å². The minimum absolute atomic E-state index is 0.630. The van der Waals surface area contributed by atoms with Gasteiger partial charge in [0.2, 0.25) is 5.90 Å². The molecule has 0 bridgehead atoms. The molecule has 26 heavy (non-hydrogen) atoms. The molecule has 0 radical (unpaired) electrons. The van der Waals surface area contributed by atoms with E-state index in [1.807, 2.05) is 0 Å². The Labute approximate surface area is 158 Å². The number of fused-ring (bicyclic) bond motifs is 1. The Morgan fingerprint density at radius 2 is 1.77 bits per heavy atom. The van der Waals surface area contributed by atoms with Crippen LogP contribution in [0.1, 0.15) is 51.4 Å². The van der Waals surface area contributed by atoms with E-state index in [-0.39, 0.29) is 0 Å². The van der Waals surface area contributed by atoms with Crippen molar-refractivity contribution in [1.82, 2.24) is 14.8 Å². The van der Waals surface area contributed by atoms with Crippen LogP contribution < -0.4 is 0 Å². The van der Waals surface area contributed by atoms with Crippen LogP contribution >= 0.6 is 0 Å². The van der Waals surface area contributed by atoms with E-state index >= 15 is 0 Å². The van der Waals surface area contributed by atoms with E-state index in [1.165, 1.54) is 71.2 Å². The fourth-order valence-electron chi connectivity index (χ4n) is 4.83. The number of hydrazone groups is 1. The smallest absolute Gasteiger partial charge is 0.208 e. The van der Waals surface area contributed by atoms with Gasteiger partial charge in [-0.05, 0) is 51.5 Å². The molecule has 1 unspecified atom stereocenters. The highest BCUT2D eigenvalue weighted by Gasteiger charge is 2.29. The van der Waals surface area contributed by atoms with Crippen LogP contribution in [-0.2, 0) is 9.47 Å². The van der Waals surface area contributed by atoms with Gasteiger partial charge in [-0.25, -0.2) is 0 Å². The first kappa shape index (κ1) is 18.5. The van der Waals surface area contributed by atoms with Crippen LogP contribution in [-0.4, -0.2) is 91.9 Å². The first-order valence-corrected chi connectivity index (χ1v) is 10.9. The minimum atomic E-state index is 0.630. The number of nitrogens with zero attached hydrogens (tertiary/aromatic N) is 4. The third kappa shape index (κ3) is 4.90. The summed E-state index contributed by atoms with van der Waals surface area (Å²) < 4.78 is 11.4. The zero-order valence-electron chi connectivity index (χ0n) is 16.3. The predicted octanol–water partition coefficient (Wildman–Crippen LogP) is 2.15. The van der Waals surface area contributed by atoms with Crippen molar-refractivity contribution in [2.75, 3.05) is 59.1 Å². The molecule has 6 nitrogen and oxygen atoms in total. The van der Waals surface area contributed by atoms with Crippen LogP contribution in [0.5, 0.6) is 0 Å². The maximum Gasteiger partial charge on any atom is 0.208 e. The van der Waals surface area contributed by atoms with Gasteiger partial charge in [0, 0.05) is 58.4 Å². The second kappa shape index (κ2) is 9.38. The lowest BCUT2D eigenvalue weighted by Crippen LogP contribution is -2.51. The van der Waals surface area contributed by atoms with Gasteiger partial charge in [-0.3, -0.25) is 9.91 Å². The standard InChI is InChI=1S/C20H36N4O2/c1-2-9-24-19(5-1)17-20(21-24)26-14-4-3-8-22-10-12-23(13-11-22)18-6-15-25-16-7-18/h18-19H,1-17H2. The van der Waals surface area contributed by atoms with E-state index in [2.05, 4.69) is 19.9 Å². The molecule has 4 aliphatic rings. The molecule has 3 fully saturated rings. The molecule has 1 atom stereocenters. The van der Waals surface area contributed by atoms with E-state index in [9.17, 15) is 0 Å². The van der Waals surface area contributed by atoms with Gasteiger partial charge in [0.15, 0.2) is 0 Å². The first-order chi connectivity index (χ1) is 12.9. The van der Waals surface area contributed by atoms with E-state index in [0.29, 0.717) is 6.04 Å². The zero-order chi connectivity index (χ0) is 17.6. The van der Waals surface area contributed by atoms with Crippen molar-refractivity contribution in [3.63, 3.8) is 0 Å². The Hall–Kier alpha value is -0.850. The molecule has 0 aromatic carbocycles. The van der Waals surface area contributed by atoms with Gasteiger partial charge >= 0.3 is 0 Å². The Bertz CT molecular complexity index is 459. The minimum Gasteiger partial charge on any atom is -0.480 e. The molecule has 148 valence electrons. The zero-order valence-corrected chi connectivity index (χ0v) is 16.3. The first-order valence-electron chi connectivity index (χ1n) is 10.9. The highest BCUT2D eigenvalue weighted by Crippen LogP contribution is 2.25. The van der Waals surface area contributed by atoms with E-state index < -0.39 is 0 Å². The van der Waals surface area contributed by atoms with Gasteiger partial charge in [0.1, 0.15) is 0 Å². The van der Waals surface area contributed by atoms with E-state index in [0.717, 1.165) is 51.1 Å². The van der Waals surface area contributed by atoms with Crippen molar-refractivity contribution in [3.05, 3.63) is 0 Å². The number of piperidine rings is 1. The van der Waals surface area contributed by atoms with E-state index in [4.69, 9.17) is 9.47 Å². The van der Waals surface area contributed by atoms with Crippen LogP contribution in [0.4, 0.5) is 0 Å². The molecule has 0 amide bonds. The summed E-state index contributed by atoms with van der Waals surface area (Å²) in [5, 5.41) is 6.91. The highest BCUT2D eigenvalue weighted by molar-refractivity contribution is 5.78. The van der Waals surface area contributed by atoms with Gasteiger partial charge in [0.25, 0.3) is 0 Å². The highest BCUT2D eigenvalue weighted by atomic mass is 16.5. The number of hydrogen-bond donors (Lipinski definition) is 0. The summed E-state index contributed by atoms with van der Waals surface area (Å²) in [6, 6.07) is 1.40. The third-order valence-electron chi connectivity index (χ3n) is 6.50. The summed E-state index contributed by atoms with van der Waals surface area (Å²) >= 11 is 0. The molecule has 4 rings (SSSR count). The molecule has 0 aliphatic carbocycles. The number of rotatable bonds is 6. The lowest BCUT2D eigenvalue weighted by molar-refractivity contribution is 0.0135. The van der Waals surface area contributed by atoms with E-state index in [1.54, 1.807) is 0 Å². The molecule has 0 spiro atoms. The topological polar surface area (TPSA) is 40.5 Å². The van der Waals surface area contributed by atoms with Crippen LogP contribution in [0.2, 0.25) is 0 Å². The summed E-state index contributed by atoms with van der Waals surface area (Å²) in [4.78, 5) is 5.32. The molecular weight excluding hydrogens is 328 g/mol. The second-order valence-electron chi connectivity index (χ2n) is 8.29. The van der Waals surface area contributed by atoms with Crippen molar-refractivity contribution < 1.29 is 9.47 Å². The summed E-state index contributed by atoms with van der Waals surface area (Å²) in [6.45, 7) is 9.99. The lowest BCUT2D eigenvalue weighted by atomic mass is 10.0. The molecule has 0 saturated carbocycles. The molecular formula is C20H36N4O2. The molecule has 0 aromatic rings. The van der Waals surface area contributed by atoms with Gasteiger partial charge in [-0.2, -0.15) is 0 Å². The van der Waals surface area contributed by atoms with Crippen molar-refractivity contribution in [2.24, 2.45) is 5.10 Å². The molecule has 3 saturated heterocycles. The van der Waals surface area contributed by atoms with Gasteiger partial charge in [0.05, 0.1) is 12.6 Å². The normalized spacial score (nSPS) is 28.8. The number of ether oxygens (including phenoxy) is 2. The van der Waals surface area contributed by atoms with Gasteiger partial charge in [-0.1, -0.05) is 0 Å². The summed E-state index contributed by atoms with van der Waals surface area (Å²) in [5.41, 5.74) is 0. The third-order valence-corrected chi connectivity index (χ3v) is 6.50. The quantitative estimate of drug-likeness (QED) is 0.676. The lowest BCUT2D eigenvalue weighted by Gasteiger charge is -2.40. The summed E-state index contributed by atoms with van der Waals surface area (Å²) in [5.74, 6) is 0.988. The Morgan fingerprint density at radius 3 is 2.58 bits per heavy atom. The molecule has 0 N–H and O–H groups in total. The van der Waals surface area contributed by atoms with Crippen LogP contribution in [0, 0.1) is 0 Å². The average molecular weight is 365 g/mol. The molecule has 6 heteroatoms. The van der Waals surface area contributed by atoms with Crippen LogP contribution in [0.25, 0.3) is 0 Å². The second-order valence-corrected chi connectivity index (χ2v) is 8.29. The average Bonchev–Trinajstić information content (AvgIpc) is 3.12. The fraction of sp³-hybridized carbons (Fsp3) is 0.950. The van der Waals surface area contributed by atoms with Crippen molar-refractivity contribution in [3.8, 4) is 0 Å². The van der Waals surface area contributed by atoms with Crippen molar-refractivity contribution >= 4 is 5.90 Å². The monoisotopic (exact) mass is 364 g/mol. The van der Waals surface area contributed by atoms with Gasteiger partial charge in [-0.15, -0.1) is 5.10 Å². The maximum absolute atomic E-state index is 5.95. The molecule has 0 aromatic heterocycles. The number of piperazine rings is 1. The Morgan fingerprint density at radius 1 is 0.923 bits per heavy atom. The predicted molar refractivity (Wildman–Crippen MR) is 103 cm³/mol. The van der Waals surface area contributed by atoms with Gasteiger partial charge < -0.3 is 14.4 Å². The van der Waals surface area contributed by atoms with Crippen LogP contribution in [0.3, 0.4) is 0 Å². The Balaban J connectivity index is 1.05. The van der Waals surface area contributed by atoms with Crippen LogP contribution in [0.15, 0.2) is 5.10 Å². The fourth-order valence-corrected chi connectivity index (χ4v) is 4.83. The SMILES string of the molecule is C(CCN1CCN(C2CCOCC2)CC1)COC1=NN2CCCCC2C1.